The highest BCUT2D eigenvalue weighted by Gasteiger charge is 2.44. The zero-order chi connectivity index (χ0) is 47.2. The van der Waals surface area contributed by atoms with Crippen molar-refractivity contribution in [2.24, 2.45) is 11.1 Å². The van der Waals surface area contributed by atoms with Crippen molar-refractivity contribution in [3.05, 3.63) is 143 Å². The molecule has 4 aromatic rings. The number of amides is 6. The van der Waals surface area contributed by atoms with Crippen LogP contribution in [0.25, 0.3) is 11.1 Å². The number of primary amides is 1. The molecule has 2 heterocycles. The molecule has 1 saturated heterocycles. The van der Waals surface area contributed by atoms with Crippen molar-refractivity contribution < 1.29 is 48.6 Å². The fraction of sp³-hybridized carbons (Fsp3) is 0.320. The van der Waals surface area contributed by atoms with Crippen molar-refractivity contribution in [3.8, 4) is 11.1 Å². The summed E-state index contributed by atoms with van der Waals surface area (Å²) in [4.78, 5) is 106. The minimum Gasteiger partial charge on any atom is -0.481 e. The highest BCUT2D eigenvalue weighted by atomic mass is 16.4. The Kier molecular flexibility index (Phi) is 16.2. The van der Waals surface area contributed by atoms with E-state index < -0.39 is 70.8 Å². The van der Waals surface area contributed by atoms with Crippen LogP contribution in [0.4, 0.5) is 0 Å². The van der Waals surface area contributed by atoms with Crippen molar-refractivity contribution in [2.75, 3.05) is 19.6 Å². The Morgan fingerprint density at radius 2 is 1.38 bits per heavy atom. The van der Waals surface area contributed by atoms with Gasteiger partial charge < -0.3 is 42.1 Å². The number of piperidine rings is 1. The largest absolute Gasteiger partial charge is 0.481 e. The highest BCUT2D eigenvalue weighted by molar-refractivity contribution is 5.97. The van der Waals surface area contributed by atoms with E-state index in [-0.39, 0.29) is 58.2 Å². The van der Waals surface area contributed by atoms with Gasteiger partial charge in [0.05, 0.1) is 24.7 Å². The number of fused-ring (bicyclic) bond motifs is 3. The Labute approximate surface area is 382 Å². The Hall–Kier alpha value is -7.62. The predicted octanol–water partition coefficient (Wildman–Crippen LogP) is 3.17. The summed E-state index contributed by atoms with van der Waals surface area (Å²) in [5.74, 6) is -6.19. The molecule has 0 spiro atoms. The molecule has 0 saturated carbocycles. The van der Waals surface area contributed by atoms with E-state index in [2.05, 4.69) is 21.3 Å². The first-order valence-electron chi connectivity index (χ1n) is 21.8. The van der Waals surface area contributed by atoms with Gasteiger partial charge >= 0.3 is 11.9 Å². The maximum atomic E-state index is 14.9. The van der Waals surface area contributed by atoms with E-state index in [0.717, 1.165) is 28.8 Å². The molecule has 0 radical (unpaired) electrons. The molecule has 1 fully saturated rings. The lowest BCUT2D eigenvalue weighted by Gasteiger charge is -2.42. The number of nitrogens with two attached hydrogens (primary N) is 1. The van der Waals surface area contributed by atoms with Gasteiger partial charge in [0.2, 0.25) is 35.4 Å². The molecule has 16 heteroatoms. The van der Waals surface area contributed by atoms with Gasteiger partial charge in [0.1, 0.15) is 12.1 Å². The second kappa shape index (κ2) is 22.3. The first-order valence-corrected chi connectivity index (χ1v) is 21.8. The number of nitrogens with zero attached hydrogens (tertiary/aromatic N) is 1. The van der Waals surface area contributed by atoms with Crippen molar-refractivity contribution in [2.45, 2.75) is 75.9 Å². The fourth-order valence-electron chi connectivity index (χ4n) is 8.55. The standard InChI is InChI=1S/C50H54N6O10/c51-47(64)40-21-23-52-42(57)19-20-44(59)56-24-6-22-50(31-56,29-33-7-2-1-3-8-33)49(66)55-41(48(65)53-30-38-10-5-4-9-37(38)26-43(58)54-40)25-32-11-13-34(14-12-32)35-15-17-36(18-16-35)39(27-45(60)61)28-46(62)63/h1-5,7-20,39-41H,6,21-31H2,(H2,51,64)(H,52,57)(H,53,65)(H,54,58)(H,55,66)(H,60,61)(H,62,63)/b20-19+/t40-,41-,50?/m1/s1. The van der Waals surface area contributed by atoms with Crippen LogP contribution in [-0.2, 0) is 64.2 Å². The summed E-state index contributed by atoms with van der Waals surface area (Å²) in [5.41, 5.74) is 9.39. The molecule has 2 aliphatic heterocycles. The Morgan fingerprint density at radius 1 is 0.742 bits per heavy atom. The molecule has 0 aromatic heterocycles. The van der Waals surface area contributed by atoms with Gasteiger partial charge in [-0.05, 0) is 64.6 Å². The van der Waals surface area contributed by atoms with E-state index in [1.807, 2.05) is 54.6 Å². The molecule has 4 aromatic carbocycles. The fourth-order valence-corrected chi connectivity index (χ4v) is 8.55. The smallest absolute Gasteiger partial charge is 0.303 e. The third kappa shape index (κ3) is 13.2. The average molecular weight is 899 g/mol. The summed E-state index contributed by atoms with van der Waals surface area (Å²) in [6.45, 7) is 0.324. The van der Waals surface area contributed by atoms with Crippen LogP contribution in [0.1, 0.15) is 65.8 Å². The Bertz CT molecular complexity index is 2440. The Balaban J connectivity index is 1.31. The molecule has 1 unspecified atom stereocenters. The summed E-state index contributed by atoms with van der Waals surface area (Å²) in [6, 6.07) is 28.6. The lowest BCUT2D eigenvalue weighted by atomic mass is 9.74. The van der Waals surface area contributed by atoms with Crippen LogP contribution in [0.3, 0.4) is 0 Å². The molecule has 3 atom stereocenters. The number of aliphatic carboxylic acids is 2. The van der Waals surface area contributed by atoms with Crippen molar-refractivity contribution in [3.63, 3.8) is 0 Å². The van der Waals surface area contributed by atoms with Crippen LogP contribution in [0.2, 0.25) is 0 Å². The maximum absolute atomic E-state index is 14.9. The zero-order valence-electron chi connectivity index (χ0n) is 36.4. The van der Waals surface area contributed by atoms with Crippen LogP contribution in [0, 0.1) is 5.41 Å². The molecule has 344 valence electrons. The van der Waals surface area contributed by atoms with Crippen molar-refractivity contribution >= 4 is 47.4 Å². The van der Waals surface area contributed by atoms with Gasteiger partial charge in [-0.15, -0.1) is 0 Å². The summed E-state index contributed by atoms with van der Waals surface area (Å²) in [5, 5.41) is 30.0. The topological polar surface area (TPSA) is 254 Å². The molecule has 0 aliphatic carbocycles. The predicted molar refractivity (Wildman–Crippen MR) is 243 cm³/mol. The molecular formula is C50H54N6O10. The Morgan fingerprint density at radius 3 is 2.03 bits per heavy atom. The van der Waals surface area contributed by atoms with Crippen LogP contribution < -0.4 is 27.0 Å². The lowest BCUT2D eigenvalue weighted by Crippen LogP contribution is -2.58. The lowest BCUT2D eigenvalue weighted by molar-refractivity contribution is -0.142. The minimum absolute atomic E-state index is 0.000493. The summed E-state index contributed by atoms with van der Waals surface area (Å²) >= 11 is 0. The van der Waals surface area contributed by atoms with Gasteiger partial charge in [0.15, 0.2) is 0 Å². The number of benzene rings is 4. The second-order valence-corrected chi connectivity index (χ2v) is 16.8. The van der Waals surface area contributed by atoms with Crippen molar-refractivity contribution in [1.82, 2.24) is 26.2 Å². The number of carboxylic acids is 2. The van der Waals surface area contributed by atoms with Gasteiger partial charge in [0.25, 0.3) is 0 Å². The third-order valence-electron chi connectivity index (χ3n) is 12.0. The van der Waals surface area contributed by atoms with Gasteiger partial charge in [-0.25, -0.2) is 0 Å². The number of hydrogen-bond acceptors (Lipinski definition) is 8. The van der Waals surface area contributed by atoms with Crippen LogP contribution >= 0.6 is 0 Å². The van der Waals surface area contributed by atoms with Crippen LogP contribution in [0.15, 0.2) is 115 Å². The number of nitrogens with one attached hydrogen (secondary N) is 4. The van der Waals surface area contributed by atoms with Gasteiger partial charge in [-0.1, -0.05) is 103 Å². The monoisotopic (exact) mass is 898 g/mol. The molecule has 16 nitrogen and oxygen atoms in total. The number of carbonyl (C=O) groups is 8. The van der Waals surface area contributed by atoms with E-state index >= 15 is 0 Å². The first kappa shape index (κ1) is 47.8. The number of hydrogen-bond donors (Lipinski definition) is 7. The van der Waals surface area contributed by atoms with Crippen LogP contribution in [0.5, 0.6) is 0 Å². The normalized spacial score (nSPS) is 20.6. The van der Waals surface area contributed by atoms with E-state index in [9.17, 15) is 48.6 Å². The van der Waals surface area contributed by atoms with E-state index in [1.165, 1.54) is 4.90 Å². The van der Waals surface area contributed by atoms with E-state index in [0.29, 0.717) is 41.6 Å². The SMILES string of the molecule is NC(=O)[C@H]1CCNC(=O)/C=C/C(=O)N2CCCC(Cc3ccccc3)(C2)C(=O)N[C@H](Cc2ccc(-c3ccc(C(CC(=O)O)CC(=O)O)cc3)cc2)C(=O)NCc2ccccc2CC(=O)N1. The molecule has 8 N–H and O–H groups in total. The van der Waals surface area contributed by atoms with Gasteiger partial charge in [-0.3, -0.25) is 38.4 Å². The number of rotatable bonds is 11. The molecular weight excluding hydrogens is 845 g/mol. The maximum Gasteiger partial charge on any atom is 0.303 e. The third-order valence-corrected chi connectivity index (χ3v) is 12.0. The zero-order valence-corrected chi connectivity index (χ0v) is 36.4. The molecule has 6 rings (SSSR count). The molecule has 2 bridgehead atoms. The summed E-state index contributed by atoms with van der Waals surface area (Å²) < 4.78 is 0. The summed E-state index contributed by atoms with van der Waals surface area (Å²) in [6.07, 6.45) is 2.64. The quantitative estimate of drug-likeness (QED) is 0.116. The molecule has 6 amide bonds. The number of carbonyl (C=O) groups excluding carboxylic acids is 6. The van der Waals surface area contributed by atoms with Crippen LogP contribution in [-0.4, -0.2) is 94.2 Å². The van der Waals surface area contributed by atoms with Crippen molar-refractivity contribution in [1.29, 1.82) is 0 Å². The minimum atomic E-state index is -1.16. The summed E-state index contributed by atoms with van der Waals surface area (Å²) in [7, 11) is 0. The second-order valence-electron chi connectivity index (χ2n) is 16.8. The number of carboxylic acid groups (broad SMARTS) is 2. The molecule has 2 aliphatic rings. The van der Waals surface area contributed by atoms with Gasteiger partial charge in [0, 0.05) is 50.7 Å². The van der Waals surface area contributed by atoms with E-state index in [1.54, 1.807) is 48.5 Å². The average Bonchev–Trinajstić information content (AvgIpc) is 3.29. The van der Waals surface area contributed by atoms with E-state index in [4.69, 9.17) is 5.73 Å². The highest BCUT2D eigenvalue weighted by Crippen LogP contribution is 2.35. The van der Waals surface area contributed by atoms with Gasteiger partial charge in [-0.2, -0.15) is 0 Å². The first-order chi connectivity index (χ1) is 31.7. The molecule has 66 heavy (non-hydrogen) atoms.